The minimum atomic E-state index is -0.914. The van der Waals surface area contributed by atoms with E-state index in [0.29, 0.717) is 5.56 Å². The fourth-order valence-corrected chi connectivity index (χ4v) is 1.36. The third kappa shape index (κ3) is 2.71. The van der Waals surface area contributed by atoms with E-state index in [1.807, 2.05) is 0 Å². The highest BCUT2D eigenvalue weighted by molar-refractivity contribution is 5.85. The van der Waals surface area contributed by atoms with Gasteiger partial charge in [-0.1, -0.05) is 12.1 Å². The smallest absolute Gasteiger partial charge is 0.317 e. The van der Waals surface area contributed by atoms with Crippen molar-refractivity contribution in [3.63, 3.8) is 0 Å². The fourth-order valence-electron chi connectivity index (χ4n) is 1.36. The van der Waals surface area contributed by atoms with Crippen LogP contribution in [0.4, 0.5) is 4.39 Å². The molecule has 0 spiro atoms. The first-order valence-electron chi connectivity index (χ1n) is 4.59. The van der Waals surface area contributed by atoms with Gasteiger partial charge in [-0.25, -0.2) is 4.39 Å². The summed E-state index contributed by atoms with van der Waals surface area (Å²) >= 11 is 0. The van der Waals surface area contributed by atoms with E-state index in [-0.39, 0.29) is 24.8 Å². The summed E-state index contributed by atoms with van der Waals surface area (Å²) in [5.74, 6) is -0.764. The van der Waals surface area contributed by atoms with Crippen LogP contribution < -0.4 is 5.73 Å². The van der Waals surface area contributed by atoms with Gasteiger partial charge in [-0.15, -0.1) is 12.4 Å². The van der Waals surface area contributed by atoms with Crippen molar-refractivity contribution < 1.29 is 13.9 Å². The number of halogens is 2. The SMILES string of the molecule is COC(=O)C(C)(CN)c1ccc(F)cc1.Cl. The zero-order valence-corrected chi connectivity index (χ0v) is 10.0. The predicted octanol–water partition coefficient (Wildman–Crippen LogP) is 1.64. The van der Waals surface area contributed by atoms with Gasteiger partial charge in [-0.05, 0) is 24.6 Å². The Morgan fingerprint density at radius 1 is 1.44 bits per heavy atom. The Morgan fingerprint density at radius 3 is 2.31 bits per heavy atom. The molecule has 1 aromatic rings. The minimum absolute atomic E-state index is 0. The lowest BCUT2D eigenvalue weighted by atomic mass is 9.82. The molecule has 0 aliphatic rings. The molecule has 0 heterocycles. The molecule has 0 saturated carbocycles. The summed E-state index contributed by atoms with van der Waals surface area (Å²) in [5.41, 5.74) is 5.30. The van der Waals surface area contributed by atoms with Crippen LogP contribution in [0.25, 0.3) is 0 Å². The molecule has 0 saturated heterocycles. The average molecular weight is 248 g/mol. The van der Waals surface area contributed by atoms with Crippen LogP contribution >= 0.6 is 12.4 Å². The number of carbonyl (C=O) groups excluding carboxylic acids is 1. The normalized spacial score (nSPS) is 13.5. The summed E-state index contributed by atoms with van der Waals surface area (Å²) in [6.07, 6.45) is 0. The van der Waals surface area contributed by atoms with Crippen LogP contribution in [0.3, 0.4) is 0 Å². The van der Waals surface area contributed by atoms with Crippen molar-refractivity contribution in [2.24, 2.45) is 5.73 Å². The van der Waals surface area contributed by atoms with Crippen molar-refractivity contribution >= 4 is 18.4 Å². The Bertz CT molecular complexity index is 356. The first kappa shape index (κ1) is 14.9. The molecule has 1 unspecified atom stereocenters. The number of hydrogen-bond acceptors (Lipinski definition) is 3. The van der Waals surface area contributed by atoms with E-state index in [0.717, 1.165) is 0 Å². The molecule has 0 aromatic heterocycles. The van der Waals surface area contributed by atoms with Crippen molar-refractivity contribution in [2.45, 2.75) is 12.3 Å². The van der Waals surface area contributed by atoms with E-state index < -0.39 is 11.4 Å². The van der Waals surface area contributed by atoms with Crippen molar-refractivity contribution in [1.29, 1.82) is 0 Å². The molecule has 16 heavy (non-hydrogen) atoms. The topological polar surface area (TPSA) is 52.3 Å². The number of rotatable bonds is 3. The van der Waals surface area contributed by atoms with Gasteiger partial charge in [-0.3, -0.25) is 4.79 Å². The summed E-state index contributed by atoms with van der Waals surface area (Å²) in [5, 5.41) is 0. The van der Waals surface area contributed by atoms with Gasteiger partial charge in [0.05, 0.1) is 7.11 Å². The van der Waals surface area contributed by atoms with Gasteiger partial charge in [0.15, 0.2) is 0 Å². The number of hydrogen-bond donors (Lipinski definition) is 1. The number of methoxy groups -OCH3 is 1. The maximum Gasteiger partial charge on any atom is 0.317 e. The van der Waals surface area contributed by atoms with Crippen LogP contribution in [-0.4, -0.2) is 19.6 Å². The molecule has 3 nitrogen and oxygen atoms in total. The van der Waals surface area contributed by atoms with Crippen molar-refractivity contribution in [3.8, 4) is 0 Å². The summed E-state index contributed by atoms with van der Waals surface area (Å²) in [7, 11) is 1.31. The molecule has 1 rings (SSSR count). The molecule has 0 fully saturated rings. The lowest BCUT2D eigenvalue weighted by molar-refractivity contribution is -0.146. The van der Waals surface area contributed by atoms with Gasteiger partial charge in [0.25, 0.3) is 0 Å². The lowest BCUT2D eigenvalue weighted by Gasteiger charge is -2.25. The molecule has 0 aliphatic carbocycles. The van der Waals surface area contributed by atoms with Crippen molar-refractivity contribution in [3.05, 3.63) is 35.6 Å². The van der Waals surface area contributed by atoms with Crippen LogP contribution in [0.15, 0.2) is 24.3 Å². The second-order valence-electron chi connectivity index (χ2n) is 3.53. The molecule has 0 radical (unpaired) electrons. The fraction of sp³-hybridized carbons (Fsp3) is 0.364. The van der Waals surface area contributed by atoms with Gasteiger partial charge >= 0.3 is 5.97 Å². The molecule has 90 valence electrons. The maximum absolute atomic E-state index is 12.7. The summed E-state index contributed by atoms with van der Waals surface area (Å²) in [6.45, 7) is 1.79. The lowest BCUT2D eigenvalue weighted by Crippen LogP contribution is -2.40. The van der Waals surface area contributed by atoms with Gasteiger partial charge in [0.1, 0.15) is 11.2 Å². The Morgan fingerprint density at radius 2 is 1.94 bits per heavy atom. The quantitative estimate of drug-likeness (QED) is 0.827. The van der Waals surface area contributed by atoms with Crippen molar-refractivity contribution in [1.82, 2.24) is 0 Å². The zero-order chi connectivity index (χ0) is 11.5. The molecular weight excluding hydrogens is 233 g/mol. The van der Waals surface area contributed by atoms with E-state index in [1.165, 1.54) is 19.2 Å². The van der Waals surface area contributed by atoms with Gasteiger partial charge < -0.3 is 10.5 Å². The highest BCUT2D eigenvalue weighted by Crippen LogP contribution is 2.24. The molecule has 0 amide bonds. The standard InChI is InChI=1S/C11H14FNO2.ClH/c1-11(7-13,10(14)15-2)8-3-5-9(12)6-4-8;/h3-6H,7,13H2,1-2H3;1H. The van der Waals surface area contributed by atoms with E-state index in [4.69, 9.17) is 5.73 Å². The largest absolute Gasteiger partial charge is 0.468 e. The second kappa shape index (κ2) is 5.82. The van der Waals surface area contributed by atoms with Crippen LogP contribution in [0.2, 0.25) is 0 Å². The summed E-state index contributed by atoms with van der Waals surface area (Å²) in [6, 6.07) is 5.68. The zero-order valence-electron chi connectivity index (χ0n) is 9.20. The van der Waals surface area contributed by atoms with E-state index in [2.05, 4.69) is 4.74 Å². The van der Waals surface area contributed by atoms with Gasteiger partial charge in [0, 0.05) is 6.54 Å². The number of nitrogens with two attached hydrogens (primary N) is 1. The highest BCUT2D eigenvalue weighted by atomic mass is 35.5. The maximum atomic E-state index is 12.7. The van der Waals surface area contributed by atoms with Crippen LogP contribution in [0, 0.1) is 5.82 Å². The average Bonchev–Trinajstić information content (AvgIpc) is 2.27. The molecule has 0 bridgehead atoms. The Kier molecular flexibility index (Phi) is 5.41. The molecule has 2 N–H and O–H groups in total. The second-order valence-corrected chi connectivity index (χ2v) is 3.53. The molecule has 1 aromatic carbocycles. The minimum Gasteiger partial charge on any atom is -0.468 e. The third-order valence-corrected chi connectivity index (χ3v) is 2.53. The Balaban J connectivity index is 0.00000225. The number of carbonyl (C=O) groups is 1. The van der Waals surface area contributed by atoms with Crippen LogP contribution in [0.5, 0.6) is 0 Å². The first-order chi connectivity index (χ1) is 7.04. The van der Waals surface area contributed by atoms with E-state index >= 15 is 0 Å². The van der Waals surface area contributed by atoms with Crippen LogP contribution in [-0.2, 0) is 14.9 Å². The molecular formula is C11H15ClFNO2. The molecule has 1 atom stereocenters. The highest BCUT2D eigenvalue weighted by Gasteiger charge is 2.34. The first-order valence-corrected chi connectivity index (χ1v) is 4.59. The number of ether oxygens (including phenoxy) is 1. The Labute approximate surface area is 100 Å². The van der Waals surface area contributed by atoms with E-state index in [1.54, 1.807) is 19.1 Å². The van der Waals surface area contributed by atoms with Gasteiger partial charge in [-0.2, -0.15) is 0 Å². The number of esters is 1. The third-order valence-electron chi connectivity index (χ3n) is 2.53. The monoisotopic (exact) mass is 247 g/mol. The molecule has 0 aliphatic heterocycles. The summed E-state index contributed by atoms with van der Waals surface area (Å²) in [4.78, 5) is 11.6. The van der Waals surface area contributed by atoms with Crippen LogP contribution in [0.1, 0.15) is 12.5 Å². The Hall–Kier alpha value is -1.13. The van der Waals surface area contributed by atoms with E-state index in [9.17, 15) is 9.18 Å². The van der Waals surface area contributed by atoms with Gasteiger partial charge in [0.2, 0.25) is 0 Å². The number of benzene rings is 1. The van der Waals surface area contributed by atoms with Crippen molar-refractivity contribution in [2.75, 3.05) is 13.7 Å². The molecule has 5 heteroatoms. The predicted molar refractivity (Wildman–Crippen MR) is 62.1 cm³/mol. The summed E-state index contributed by atoms with van der Waals surface area (Å²) < 4.78 is 17.4.